The number of benzene rings is 1. The van der Waals surface area contributed by atoms with Gasteiger partial charge in [0.2, 0.25) is 0 Å². The highest BCUT2D eigenvalue weighted by atomic mass is 32.1. The van der Waals surface area contributed by atoms with Crippen molar-refractivity contribution in [3.8, 4) is 5.75 Å². The smallest absolute Gasteiger partial charge is 0.143 e. The highest BCUT2D eigenvalue weighted by Crippen LogP contribution is 2.33. The lowest BCUT2D eigenvalue weighted by Crippen LogP contribution is -1.74. The lowest BCUT2D eigenvalue weighted by atomic mass is 10.3. The molecule has 0 bridgehead atoms. The van der Waals surface area contributed by atoms with Crippen LogP contribution in [0.5, 0.6) is 5.75 Å². The summed E-state index contributed by atoms with van der Waals surface area (Å²) in [5.74, 6) is 0.0826. The van der Waals surface area contributed by atoms with Crippen molar-refractivity contribution < 1.29 is 5.11 Å². The van der Waals surface area contributed by atoms with Gasteiger partial charge >= 0.3 is 0 Å². The molecule has 10 heavy (non-hydrogen) atoms. The molecular formula is C6H6OS3. The zero-order chi connectivity index (χ0) is 7.72. The summed E-state index contributed by atoms with van der Waals surface area (Å²) >= 11 is 12.0. The molecule has 54 valence electrons. The van der Waals surface area contributed by atoms with E-state index in [4.69, 9.17) is 0 Å². The number of rotatable bonds is 0. The molecule has 0 heterocycles. The zero-order valence-corrected chi connectivity index (χ0v) is 7.63. The summed E-state index contributed by atoms with van der Waals surface area (Å²) in [4.78, 5) is 1.64. The van der Waals surface area contributed by atoms with Crippen molar-refractivity contribution >= 4 is 37.9 Å². The average molecular weight is 190 g/mol. The first-order valence-corrected chi connectivity index (χ1v) is 3.90. The van der Waals surface area contributed by atoms with Gasteiger partial charge in [-0.05, 0) is 12.1 Å². The summed E-state index contributed by atoms with van der Waals surface area (Å²) in [5.41, 5.74) is 0. The molecule has 0 aliphatic carbocycles. The Morgan fingerprint density at radius 3 is 2.00 bits per heavy atom. The van der Waals surface area contributed by atoms with Crippen molar-refractivity contribution in [1.29, 1.82) is 0 Å². The first-order chi connectivity index (χ1) is 4.63. The maximum absolute atomic E-state index is 9.19. The van der Waals surface area contributed by atoms with Gasteiger partial charge in [-0.15, -0.1) is 37.9 Å². The molecule has 0 aliphatic heterocycles. The van der Waals surface area contributed by atoms with Gasteiger partial charge in [-0.3, -0.25) is 0 Å². The molecule has 0 fully saturated rings. The van der Waals surface area contributed by atoms with Crippen molar-refractivity contribution in [3.05, 3.63) is 12.1 Å². The molecule has 1 rings (SSSR count). The number of thiol groups is 3. The Morgan fingerprint density at radius 2 is 1.50 bits per heavy atom. The Bertz CT molecular complexity index is 232. The third-order valence-electron chi connectivity index (χ3n) is 1.11. The van der Waals surface area contributed by atoms with Gasteiger partial charge in [0.15, 0.2) is 0 Å². The minimum atomic E-state index is 0.0826. The Balaban J connectivity index is 3.34. The van der Waals surface area contributed by atoms with E-state index >= 15 is 0 Å². The van der Waals surface area contributed by atoms with E-state index < -0.39 is 0 Å². The van der Waals surface area contributed by atoms with Crippen LogP contribution in [-0.2, 0) is 0 Å². The van der Waals surface area contributed by atoms with Gasteiger partial charge in [0.1, 0.15) is 5.75 Å². The van der Waals surface area contributed by atoms with Gasteiger partial charge in [-0.2, -0.15) is 0 Å². The molecule has 1 nitrogen and oxygen atoms in total. The summed E-state index contributed by atoms with van der Waals surface area (Å²) in [5, 5.41) is 9.19. The van der Waals surface area contributed by atoms with Crippen LogP contribution >= 0.6 is 37.9 Å². The molecule has 0 spiro atoms. The standard InChI is InChI=1S/C6H6OS3/c7-5-3(8)1-2-4(9)6(5)10/h1-2,7-10H. The van der Waals surface area contributed by atoms with Gasteiger partial charge < -0.3 is 5.11 Å². The van der Waals surface area contributed by atoms with Crippen molar-refractivity contribution in [2.24, 2.45) is 0 Å². The first-order valence-electron chi connectivity index (χ1n) is 2.56. The molecule has 1 N–H and O–H groups in total. The number of phenols is 1. The predicted molar refractivity (Wildman–Crippen MR) is 49.9 cm³/mol. The van der Waals surface area contributed by atoms with Gasteiger partial charge in [0.05, 0.1) is 4.90 Å². The monoisotopic (exact) mass is 190 g/mol. The lowest BCUT2D eigenvalue weighted by Gasteiger charge is -2.02. The van der Waals surface area contributed by atoms with Crippen LogP contribution < -0.4 is 0 Å². The summed E-state index contributed by atoms with van der Waals surface area (Å²) in [6, 6.07) is 3.40. The number of hydrogen-bond donors (Lipinski definition) is 4. The third kappa shape index (κ3) is 1.38. The molecule has 0 saturated heterocycles. The van der Waals surface area contributed by atoms with Crippen molar-refractivity contribution in [1.82, 2.24) is 0 Å². The SMILES string of the molecule is Oc1c(S)ccc(S)c1S. The zero-order valence-electron chi connectivity index (χ0n) is 4.94. The van der Waals surface area contributed by atoms with Gasteiger partial charge in [0, 0.05) is 9.79 Å². The molecule has 0 amide bonds. The predicted octanol–water partition coefficient (Wildman–Crippen LogP) is 2.26. The van der Waals surface area contributed by atoms with Gasteiger partial charge in [0.25, 0.3) is 0 Å². The molecule has 0 saturated carbocycles. The fraction of sp³-hybridized carbons (Fsp3) is 0. The second kappa shape index (κ2) is 2.98. The van der Waals surface area contributed by atoms with E-state index in [0.717, 1.165) is 0 Å². The average Bonchev–Trinajstić information content (AvgIpc) is 1.93. The summed E-state index contributed by atoms with van der Waals surface area (Å²) in [6.45, 7) is 0. The van der Waals surface area contributed by atoms with E-state index in [0.29, 0.717) is 14.7 Å². The van der Waals surface area contributed by atoms with Crippen LogP contribution in [0.15, 0.2) is 26.8 Å². The van der Waals surface area contributed by atoms with Crippen LogP contribution in [-0.4, -0.2) is 5.11 Å². The third-order valence-corrected chi connectivity index (χ3v) is 2.47. The van der Waals surface area contributed by atoms with Crippen molar-refractivity contribution in [2.75, 3.05) is 0 Å². The molecule has 4 heteroatoms. The molecule has 0 atom stereocenters. The molecule has 1 aromatic carbocycles. The van der Waals surface area contributed by atoms with E-state index in [1.165, 1.54) is 0 Å². The second-order valence-electron chi connectivity index (χ2n) is 1.80. The highest BCUT2D eigenvalue weighted by molar-refractivity contribution is 7.83. The first kappa shape index (κ1) is 8.17. The fourth-order valence-electron chi connectivity index (χ4n) is 0.558. The molecule has 0 aliphatic rings. The topological polar surface area (TPSA) is 20.2 Å². The fourth-order valence-corrected chi connectivity index (χ4v) is 1.21. The maximum atomic E-state index is 9.19. The minimum Gasteiger partial charge on any atom is -0.506 e. The van der Waals surface area contributed by atoms with E-state index in [1.54, 1.807) is 12.1 Å². The van der Waals surface area contributed by atoms with E-state index in [-0.39, 0.29) is 5.75 Å². The number of hydrogen-bond acceptors (Lipinski definition) is 4. The van der Waals surface area contributed by atoms with Crippen LogP contribution in [0.2, 0.25) is 0 Å². The Hall–Kier alpha value is 0.0700. The van der Waals surface area contributed by atoms with Gasteiger partial charge in [-0.25, -0.2) is 0 Å². The van der Waals surface area contributed by atoms with Crippen LogP contribution in [0.3, 0.4) is 0 Å². The quantitative estimate of drug-likeness (QED) is 0.463. The number of aromatic hydroxyl groups is 1. The van der Waals surface area contributed by atoms with E-state index in [2.05, 4.69) is 37.9 Å². The summed E-state index contributed by atoms with van der Waals surface area (Å²) in [7, 11) is 0. The van der Waals surface area contributed by atoms with E-state index in [9.17, 15) is 5.11 Å². The Labute approximate surface area is 75.7 Å². The minimum absolute atomic E-state index is 0.0826. The van der Waals surface area contributed by atoms with Crippen molar-refractivity contribution in [3.63, 3.8) is 0 Å². The summed E-state index contributed by atoms with van der Waals surface area (Å²) in [6.07, 6.45) is 0. The van der Waals surface area contributed by atoms with E-state index in [1.807, 2.05) is 0 Å². The van der Waals surface area contributed by atoms with Crippen molar-refractivity contribution in [2.45, 2.75) is 14.7 Å². The Morgan fingerprint density at radius 1 is 1.00 bits per heavy atom. The maximum Gasteiger partial charge on any atom is 0.143 e. The largest absolute Gasteiger partial charge is 0.506 e. The van der Waals surface area contributed by atoms with Crippen LogP contribution in [0.25, 0.3) is 0 Å². The highest BCUT2D eigenvalue weighted by Gasteiger charge is 2.03. The van der Waals surface area contributed by atoms with Crippen LogP contribution in [0, 0.1) is 0 Å². The normalized spacial score (nSPS) is 9.90. The second-order valence-corrected chi connectivity index (χ2v) is 3.21. The summed E-state index contributed by atoms with van der Waals surface area (Å²) < 4.78 is 0. The Kier molecular flexibility index (Phi) is 2.44. The molecule has 0 radical (unpaired) electrons. The number of phenolic OH excluding ortho intramolecular Hbond substituents is 1. The molecule has 1 aromatic rings. The molecular weight excluding hydrogens is 184 g/mol. The molecule has 0 aromatic heterocycles. The lowest BCUT2D eigenvalue weighted by molar-refractivity contribution is 0.446. The van der Waals surface area contributed by atoms with Crippen LogP contribution in [0.1, 0.15) is 0 Å². The van der Waals surface area contributed by atoms with Crippen LogP contribution in [0.4, 0.5) is 0 Å². The molecule has 0 unspecified atom stereocenters. The van der Waals surface area contributed by atoms with Gasteiger partial charge in [-0.1, -0.05) is 0 Å².